The monoisotopic (exact) mass is 290 g/mol. The van der Waals surface area contributed by atoms with E-state index in [0.29, 0.717) is 0 Å². The molecular formula is C17H26N2O2. The maximum Gasteiger partial charge on any atom is 0.0802 e. The van der Waals surface area contributed by atoms with E-state index in [0.717, 1.165) is 51.3 Å². The minimum absolute atomic E-state index is 0.146. The van der Waals surface area contributed by atoms with Crippen molar-refractivity contribution >= 4 is 0 Å². The van der Waals surface area contributed by atoms with E-state index in [9.17, 15) is 5.11 Å². The molecule has 3 rings (SSSR count). The van der Waals surface area contributed by atoms with Gasteiger partial charge in [0.2, 0.25) is 0 Å². The van der Waals surface area contributed by atoms with E-state index >= 15 is 0 Å². The summed E-state index contributed by atoms with van der Waals surface area (Å²) in [6.45, 7) is 7.61. The molecular weight excluding hydrogens is 264 g/mol. The summed E-state index contributed by atoms with van der Waals surface area (Å²) in [7, 11) is 0. The minimum atomic E-state index is -0.399. The molecule has 0 radical (unpaired) electrons. The first-order chi connectivity index (χ1) is 10.1. The molecule has 0 bridgehead atoms. The van der Waals surface area contributed by atoms with Gasteiger partial charge in [-0.1, -0.05) is 6.07 Å². The zero-order valence-electron chi connectivity index (χ0n) is 13.1. The first kappa shape index (κ1) is 14.9. The summed E-state index contributed by atoms with van der Waals surface area (Å²) in [6, 6.07) is 4.16. The number of morpholine rings is 1. The fraction of sp³-hybridized carbons (Fsp3) is 0.706. The van der Waals surface area contributed by atoms with Gasteiger partial charge in [-0.05, 0) is 44.7 Å². The van der Waals surface area contributed by atoms with Crippen molar-refractivity contribution in [3.05, 3.63) is 29.6 Å². The molecule has 4 heteroatoms. The number of aliphatic hydroxyl groups excluding tert-OH is 1. The van der Waals surface area contributed by atoms with E-state index in [4.69, 9.17) is 4.74 Å². The second-order valence-corrected chi connectivity index (χ2v) is 6.74. The molecule has 4 nitrogen and oxygen atoms in total. The van der Waals surface area contributed by atoms with Crippen LogP contribution >= 0.6 is 0 Å². The molecule has 0 aromatic carbocycles. The number of pyridine rings is 1. The average Bonchev–Trinajstić information content (AvgIpc) is 2.54. The summed E-state index contributed by atoms with van der Waals surface area (Å²) in [5.41, 5.74) is 2.17. The Morgan fingerprint density at radius 3 is 2.90 bits per heavy atom. The van der Waals surface area contributed by atoms with Crippen LogP contribution in [0.25, 0.3) is 0 Å². The van der Waals surface area contributed by atoms with Crippen LogP contribution in [0.2, 0.25) is 0 Å². The van der Waals surface area contributed by atoms with Gasteiger partial charge in [-0.15, -0.1) is 0 Å². The minimum Gasteiger partial charge on any atom is -0.391 e. The highest BCUT2D eigenvalue weighted by molar-refractivity contribution is 5.28. The molecule has 1 saturated heterocycles. The fourth-order valence-corrected chi connectivity index (χ4v) is 3.77. The zero-order chi connectivity index (χ0) is 14.9. The average molecular weight is 290 g/mol. The van der Waals surface area contributed by atoms with E-state index < -0.39 is 6.10 Å². The molecule has 21 heavy (non-hydrogen) atoms. The van der Waals surface area contributed by atoms with Gasteiger partial charge in [0, 0.05) is 36.4 Å². The summed E-state index contributed by atoms with van der Waals surface area (Å²) in [5, 5.41) is 11.1. The summed E-state index contributed by atoms with van der Waals surface area (Å²) in [4.78, 5) is 6.94. The summed E-state index contributed by atoms with van der Waals surface area (Å²) in [6.07, 6.45) is 4.71. The van der Waals surface area contributed by atoms with Gasteiger partial charge in [0.05, 0.1) is 19.3 Å². The molecule has 1 aromatic heterocycles. The lowest BCUT2D eigenvalue weighted by atomic mass is 9.76. The number of nitrogens with zero attached hydrogens (tertiary/aromatic N) is 2. The third-order valence-corrected chi connectivity index (χ3v) is 5.17. The number of hydrogen-bond donors (Lipinski definition) is 1. The Labute approximate surface area is 127 Å². The molecule has 1 fully saturated rings. The molecule has 0 spiro atoms. The summed E-state index contributed by atoms with van der Waals surface area (Å²) < 4.78 is 5.44. The van der Waals surface area contributed by atoms with Gasteiger partial charge >= 0.3 is 0 Å². The first-order valence-corrected chi connectivity index (χ1v) is 8.05. The number of aliphatic hydroxyl groups is 1. The van der Waals surface area contributed by atoms with Gasteiger partial charge in [0.15, 0.2) is 0 Å². The predicted octanol–water partition coefficient (Wildman–Crippen LogP) is 1.97. The highest BCUT2D eigenvalue weighted by Crippen LogP contribution is 2.38. The number of rotatable bonds is 3. The Balaban J connectivity index is 1.83. The van der Waals surface area contributed by atoms with Crippen molar-refractivity contribution in [2.24, 2.45) is 0 Å². The summed E-state index contributed by atoms with van der Waals surface area (Å²) >= 11 is 0. The molecule has 0 amide bonds. The van der Waals surface area contributed by atoms with Crippen LogP contribution in [-0.2, 0) is 11.2 Å². The highest BCUT2D eigenvalue weighted by Gasteiger charge is 2.41. The Kier molecular flexibility index (Phi) is 4.29. The van der Waals surface area contributed by atoms with Crippen molar-refractivity contribution in [3.63, 3.8) is 0 Å². The first-order valence-electron chi connectivity index (χ1n) is 8.05. The zero-order valence-corrected chi connectivity index (χ0v) is 13.1. The van der Waals surface area contributed by atoms with Gasteiger partial charge < -0.3 is 9.84 Å². The molecule has 1 aliphatic heterocycles. The molecule has 1 aromatic rings. The Bertz CT molecular complexity index is 483. The smallest absolute Gasteiger partial charge is 0.0802 e. The van der Waals surface area contributed by atoms with Crippen LogP contribution < -0.4 is 0 Å². The molecule has 1 aliphatic carbocycles. The number of ether oxygens (including phenoxy) is 1. The standard InChI is InChI=1S/C17H26N2O2/c1-17(2,19-9-11-21-12-10-19)16(20)14-7-3-5-13-6-4-8-18-15(13)14/h4,6,8,14,16,20H,3,5,7,9-12H2,1-2H3. The number of aryl methyl sites for hydroxylation is 1. The van der Waals surface area contributed by atoms with Gasteiger partial charge in [-0.3, -0.25) is 9.88 Å². The van der Waals surface area contributed by atoms with Crippen molar-refractivity contribution < 1.29 is 9.84 Å². The lowest BCUT2D eigenvalue weighted by molar-refractivity contribution is -0.0716. The number of aromatic nitrogens is 1. The maximum absolute atomic E-state index is 11.1. The Hall–Kier alpha value is -0.970. The quantitative estimate of drug-likeness (QED) is 0.924. The SMILES string of the molecule is CC(C)(C(O)C1CCCc2cccnc21)N1CCOCC1. The van der Waals surface area contributed by atoms with Gasteiger partial charge in [0.25, 0.3) is 0 Å². The van der Waals surface area contributed by atoms with Crippen LogP contribution in [0, 0.1) is 0 Å². The second-order valence-electron chi connectivity index (χ2n) is 6.74. The molecule has 0 saturated carbocycles. The van der Waals surface area contributed by atoms with E-state index in [1.165, 1.54) is 5.56 Å². The number of hydrogen-bond acceptors (Lipinski definition) is 4. The van der Waals surface area contributed by atoms with Crippen molar-refractivity contribution in [2.45, 2.75) is 50.7 Å². The van der Waals surface area contributed by atoms with E-state index in [-0.39, 0.29) is 11.5 Å². The van der Waals surface area contributed by atoms with Crippen LogP contribution in [0.5, 0.6) is 0 Å². The lowest BCUT2D eigenvalue weighted by Crippen LogP contribution is -2.58. The third kappa shape index (κ3) is 2.85. The molecule has 1 N–H and O–H groups in total. The topological polar surface area (TPSA) is 45.6 Å². The normalized spacial score (nSPS) is 25.4. The number of fused-ring (bicyclic) bond motifs is 1. The van der Waals surface area contributed by atoms with Crippen LogP contribution in [0.1, 0.15) is 43.9 Å². The van der Waals surface area contributed by atoms with Crippen LogP contribution in [0.4, 0.5) is 0 Å². The van der Waals surface area contributed by atoms with Crippen LogP contribution in [-0.4, -0.2) is 52.9 Å². The van der Waals surface area contributed by atoms with Gasteiger partial charge in [0.1, 0.15) is 0 Å². The van der Waals surface area contributed by atoms with Crippen molar-refractivity contribution in [1.29, 1.82) is 0 Å². The Morgan fingerprint density at radius 2 is 2.14 bits per heavy atom. The van der Waals surface area contributed by atoms with Crippen molar-refractivity contribution in [1.82, 2.24) is 9.88 Å². The van der Waals surface area contributed by atoms with E-state index in [1.54, 1.807) is 0 Å². The van der Waals surface area contributed by atoms with Crippen molar-refractivity contribution in [3.8, 4) is 0 Å². The van der Waals surface area contributed by atoms with E-state index in [2.05, 4.69) is 29.8 Å². The van der Waals surface area contributed by atoms with Gasteiger partial charge in [-0.2, -0.15) is 0 Å². The molecule has 2 heterocycles. The molecule has 2 atom stereocenters. The van der Waals surface area contributed by atoms with Crippen LogP contribution in [0.3, 0.4) is 0 Å². The predicted molar refractivity (Wildman–Crippen MR) is 82.4 cm³/mol. The largest absolute Gasteiger partial charge is 0.391 e. The van der Waals surface area contributed by atoms with Crippen LogP contribution in [0.15, 0.2) is 18.3 Å². The molecule has 2 aliphatic rings. The second kappa shape index (κ2) is 6.03. The third-order valence-electron chi connectivity index (χ3n) is 5.17. The van der Waals surface area contributed by atoms with Gasteiger partial charge in [-0.25, -0.2) is 0 Å². The molecule has 116 valence electrons. The molecule has 2 unspecified atom stereocenters. The van der Waals surface area contributed by atoms with E-state index in [1.807, 2.05) is 12.3 Å². The lowest BCUT2D eigenvalue weighted by Gasteiger charge is -2.46. The summed E-state index contributed by atoms with van der Waals surface area (Å²) in [5.74, 6) is 0.146. The Morgan fingerprint density at radius 1 is 1.38 bits per heavy atom. The fourth-order valence-electron chi connectivity index (χ4n) is 3.77. The highest BCUT2D eigenvalue weighted by atomic mass is 16.5. The van der Waals surface area contributed by atoms with Crippen molar-refractivity contribution in [2.75, 3.05) is 26.3 Å². The maximum atomic E-state index is 11.1.